The maximum Gasteiger partial charge on any atom is 0.258 e. The minimum absolute atomic E-state index is 0.0107. The number of benzene rings is 2. The molecule has 1 heterocycles. The molecule has 142 valence electrons. The molecule has 5 heteroatoms. The fourth-order valence-electron chi connectivity index (χ4n) is 3.28. The molecular formula is C22H26N2O3. The number of hydrogen-bond donors (Lipinski definition) is 1. The third-order valence-electron chi connectivity index (χ3n) is 4.73. The molecule has 0 aliphatic rings. The van der Waals surface area contributed by atoms with Gasteiger partial charge in [0, 0.05) is 11.9 Å². The molecule has 0 saturated heterocycles. The van der Waals surface area contributed by atoms with E-state index in [9.17, 15) is 4.79 Å². The van der Waals surface area contributed by atoms with Gasteiger partial charge in [-0.15, -0.1) is 0 Å². The van der Waals surface area contributed by atoms with Crippen molar-refractivity contribution in [3.63, 3.8) is 0 Å². The van der Waals surface area contributed by atoms with E-state index in [-0.39, 0.29) is 18.6 Å². The predicted octanol–water partition coefficient (Wildman–Crippen LogP) is 4.01. The Balaban J connectivity index is 1.59. The van der Waals surface area contributed by atoms with E-state index in [1.54, 1.807) is 6.26 Å². The highest BCUT2D eigenvalue weighted by atomic mass is 16.5. The van der Waals surface area contributed by atoms with Crippen molar-refractivity contribution in [2.45, 2.75) is 19.9 Å². The van der Waals surface area contributed by atoms with Crippen LogP contribution in [0, 0.1) is 0 Å². The first kappa shape index (κ1) is 19.0. The molecule has 5 nitrogen and oxygen atoms in total. The normalized spacial score (nSPS) is 12.3. The van der Waals surface area contributed by atoms with Crippen LogP contribution in [0.1, 0.15) is 25.6 Å². The highest BCUT2D eigenvalue weighted by molar-refractivity contribution is 5.88. The highest BCUT2D eigenvalue weighted by Gasteiger charge is 2.21. The second-order valence-corrected chi connectivity index (χ2v) is 6.32. The Hall–Kier alpha value is -2.79. The Morgan fingerprint density at radius 1 is 1.07 bits per heavy atom. The summed E-state index contributed by atoms with van der Waals surface area (Å²) in [4.78, 5) is 14.6. The van der Waals surface area contributed by atoms with Crippen molar-refractivity contribution >= 4 is 16.7 Å². The predicted molar refractivity (Wildman–Crippen MR) is 107 cm³/mol. The van der Waals surface area contributed by atoms with Crippen LogP contribution in [0.5, 0.6) is 5.75 Å². The minimum Gasteiger partial charge on any atom is -0.483 e. The van der Waals surface area contributed by atoms with Crippen LogP contribution in [0.4, 0.5) is 0 Å². The summed E-state index contributed by atoms with van der Waals surface area (Å²) >= 11 is 0. The molecule has 0 fully saturated rings. The molecule has 2 aromatic carbocycles. The first-order valence-corrected chi connectivity index (χ1v) is 9.37. The molecule has 0 aliphatic carbocycles. The molecule has 1 atom stereocenters. The molecule has 0 aliphatic heterocycles. The summed E-state index contributed by atoms with van der Waals surface area (Å²) in [5, 5.41) is 5.07. The van der Waals surface area contributed by atoms with Crippen LogP contribution in [0.15, 0.2) is 65.3 Å². The molecule has 0 radical (unpaired) electrons. The number of amides is 1. The Kier molecular flexibility index (Phi) is 6.49. The largest absolute Gasteiger partial charge is 0.483 e. The molecule has 0 bridgehead atoms. The van der Waals surface area contributed by atoms with Crippen LogP contribution in [0.25, 0.3) is 10.8 Å². The summed E-state index contributed by atoms with van der Waals surface area (Å²) in [5.41, 5.74) is 0. The molecule has 1 N–H and O–H groups in total. The number of ether oxygens (including phenoxy) is 1. The zero-order valence-electron chi connectivity index (χ0n) is 15.9. The van der Waals surface area contributed by atoms with Gasteiger partial charge in [0.15, 0.2) is 6.61 Å². The summed E-state index contributed by atoms with van der Waals surface area (Å²) in [6, 6.07) is 17.7. The van der Waals surface area contributed by atoms with E-state index in [2.05, 4.69) is 24.1 Å². The van der Waals surface area contributed by atoms with Crippen LogP contribution in [0.2, 0.25) is 0 Å². The van der Waals surface area contributed by atoms with E-state index in [1.807, 2.05) is 54.6 Å². The number of likely N-dealkylation sites (N-methyl/N-ethyl adjacent to an activating group) is 1. The highest BCUT2D eigenvalue weighted by Crippen LogP contribution is 2.25. The van der Waals surface area contributed by atoms with Crippen molar-refractivity contribution < 1.29 is 13.9 Å². The number of fused-ring (bicyclic) bond motifs is 1. The van der Waals surface area contributed by atoms with Crippen molar-refractivity contribution in [2.75, 3.05) is 26.2 Å². The Labute approximate surface area is 159 Å². The number of furan rings is 1. The fourth-order valence-corrected chi connectivity index (χ4v) is 3.28. The third kappa shape index (κ3) is 4.68. The summed E-state index contributed by atoms with van der Waals surface area (Å²) < 4.78 is 11.3. The summed E-state index contributed by atoms with van der Waals surface area (Å²) in [5.74, 6) is 1.43. The van der Waals surface area contributed by atoms with E-state index >= 15 is 0 Å². The smallest absolute Gasteiger partial charge is 0.258 e. The van der Waals surface area contributed by atoms with Crippen molar-refractivity contribution in [1.82, 2.24) is 10.2 Å². The average molecular weight is 366 g/mol. The Morgan fingerprint density at radius 2 is 1.85 bits per heavy atom. The molecule has 0 saturated carbocycles. The van der Waals surface area contributed by atoms with Gasteiger partial charge in [0.05, 0.1) is 12.3 Å². The summed E-state index contributed by atoms with van der Waals surface area (Å²) in [7, 11) is 0. The lowest BCUT2D eigenvalue weighted by Gasteiger charge is -2.28. The van der Waals surface area contributed by atoms with Crippen molar-refractivity contribution in [3.05, 3.63) is 66.6 Å². The van der Waals surface area contributed by atoms with Gasteiger partial charge in [0.25, 0.3) is 5.91 Å². The monoisotopic (exact) mass is 366 g/mol. The third-order valence-corrected chi connectivity index (χ3v) is 4.73. The van der Waals surface area contributed by atoms with Crippen molar-refractivity contribution in [1.29, 1.82) is 0 Å². The number of nitrogens with one attached hydrogen (secondary N) is 1. The van der Waals surface area contributed by atoms with E-state index < -0.39 is 0 Å². The molecule has 3 aromatic rings. The van der Waals surface area contributed by atoms with E-state index in [0.29, 0.717) is 6.54 Å². The molecule has 1 amide bonds. The van der Waals surface area contributed by atoms with Crippen LogP contribution in [-0.4, -0.2) is 37.0 Å². The first-order chi connectivity index (χ1) is 13.2. The average Bonchev–Trinajstić information content (AvgIpc) is 3.24. The molecule has 3 rings (SSSR count). The van der Waals surface area contributed by atoms with Gasteiger partial charge in [0.2, 0.25) is 0 Å². The van der Waals surface area contributed by atoms with Crippen LogP contribution in [0.3, 0.4) is 0 Å². The molecule has 0 spiro atoms. The zero-order chi connectivity index (χ0) is 19.1. The quantitative estimate of drug-likeness (QED) is 0.622. The Morgan fingerprint density at radius 3 is 2.59 bits per heavy atom. The number of carbonyl (C=O) groups is 1. The van der Waals surface area contributed by atoms with Gasteiger partial charge in [-0.2, -0.15) is 0 Å². The van der Waals surface area contributed by atoms with E-state index in [4.69, 9.17) is 9.15 Å². The lowest BCUT2D eigenvalue weighted by atomic mass is 10.1. The zero-order valence-corrected chi connectivity index (χ0v) is 15.9. The molecule has 27 heavy (non-hydrogen) atoms. The van der Waals surface area contributed by atoms with Gasteiger partial charge in [-0.3, -0.25) is 9.69 Å². The standard InChI is InChI=1S/C22H26N2O3/c1-3-24(4-2)19(21-13-8-14-26-21)15-23-22(25)16-27-20-12-7-10-17-9-5-6-11-18(17)20/h5-14,19H,3-4,15-16H2,1-2H3,(H,23,25). The number of rotatable bonds is 9. The van der Waals surface area contributed by atoms with Gasteiger partial charge in [0.1, 0.15) is 11.5 Å². The second kappa shape index (κ2) is 9.24. The van der Waals surface area contributed by atoms with Gasteiger partial charge in [-0.1, -0.05) is 50.2 Å². The lowest BCUT2D eigenvalue weighted by Crippen LogP contribution is -2.39. The summed E-state index contributed by atoms with van der Waals surface area (Å²) in [6.07, 6.45) is 1.66. The van der Waals surface area contributed by atoms with E-state index in [0.717, 1.165) is 35.4 Å². The van der Waals surface area contributed by atoms with E-state index in [1.165, 1.54) is 0 Å². The molecule has 1 aromatic heterocycles. The fraction of sp³-hybridized carbons (Fsp3) is 0.318. The van der Waals surface area contributed by atoms with Crippen LogP contribution < -0.4 is 10.1 Å². The van der Waals surface area contributed by atoms with Gasteiger partial charge >= 0.3 is 0 Å². The number of carbonyl (C=O) groups excluding carboxylic acids is 1. The first-order valence-electron chi connectivity index (χ1n) is 9.37. The SMILES string of the molecule is CCN(CC)C(CNC(=O)COc1cccc2ccccc12)c1ccco1. The minimum atomic E-state index is -0.147. The van der Waals surface area contributed by atoms with Crippen LogP contribution >= 0.6 is 0 Å². The Bertz CT molecular complexity index is 852. The van der Waals surface area contributed by atoms with Gasteiger partial charge in [-0.05, 0) is 36.7 Å². The van der Waals surface area contributed by atoms with Crippen LogP contribution in [-0.2, 0) is 4.79 Å². The molecule has 1 unspecified atom stereocenters. The van der Waals surface area contributed by atoms with Gasteiger partial charge in [-0.25, -0.2) is 0 Å². The summed E-state index contributed by atoms with van der Waals surface area (Å²) in [6.45, 7) is 6.42. The van der Waals surface area contributed by atoms with Crippen molar-refractivity contribution in [2.24, 2.45) is 0 Å². The number of nitrogens with zero attached hydrogens (tertiary/aromatic N) is 1. The molecular weight excluding hydrogens is 340 g/mol. The topological polar surface area (TPSA) is 54.7 Å². The van der Waals surface area contributed by atoms with Crippen molar-refractivity contribution in [3.8, 4) is 5.75 Å². The second-order valence-electron chi connectivity index (χ2n) is 6.32. The number of hydrogen-bond acceptors (Lipinski definition) is 4. The maximum absolute atomic E-state index is 12.3. The van der Waals surface area contributed by atoms with Gasteiger partial charge < -0.3 is 14.5 Å². The lowest BCUT2D eigenvalue weighted by molar-refractivity contribution is -0.123. The maximum atomic E-state index is 12.3.